The fourth-order valence-corrected chi connectivity index (χ4v) is 4.70. The summed E-state index contributed by atoms with van der Waals surface area (Å²) in [4.78, 5) is 24.8. The minimum absolute atomic E-state index is 0.0103. The maximum absolute atomic E-state index is 14.2. The number of nitrogens with one attached hydrogen (secondary N) is 2. The predicted octanol–water partition coefficient (Wildman–Crippen LogP) is 4.22. The van der Waals surface area contributed by atoms with Gasteiger partial charge in [0.25, 0.3) is 0 Å². The second kappa shape index (κ2) is 9.34. The van der Waals surface area contributed by atoms with Crippen LogP contribution in [-0.2, 0) is 0 Å². The molecule has 1 aliphatic heterocycles. The van der Waals surface area contributed by atoms with Crippen LogP contribution in [0.25, 0.3) is 22.3 Å². The van der Waals surface area contributed by atoms with Crippen molar-refractivity contribution >= 4 is 22.5 Å². The highest BCUT2D eigenvalue weighted by Gasteiger charge is 2.29. The van der Waals surface area contributed by atoms with Crippen molar-refractivity contribution in [3.8, 4) is 11.4 Å². The molecule has 0 amide bonds. The molecule has 2 fully saturated rings. The summed E-state index contributed by atoms with van der Waals surface area (Å²) in [6, 6.07) is 5.14. The van der Waals surface area contributed by atoms with Gasteiger partial charge in [0.15, 0.2) is 5.82 Å². The zero-order valence-corrected chi connectivity index (χ0v) is 19.9. The molecule has 0 spiro atoms. The maximum atomic E-state index is 14.2. The second-order valence-corrected chi connectivity index (χ2v) is 9.30. The van der Waals surface area contributed by atoms with Gasteiger partial charge in [0, 0.05) is 49.5 Å². The number of anilines is 2. The van der Waals surface area contributed by atoms with Crippen LogP contribution in [0.4, 0.5) is 20.4 Å². The molecule has 36 heavy (non-hydrogen) atoms. The van der Waals surface area contributed by atoms with Crippen LogP contribution in [0.15, 0.2) is 42.9 Å². The molecule has 6 rings (SSSR count). The molecule has 4 aromatic heterocycles. The highest BCUT2D eigenvalue weighted by atomic mass is 19.1. The predicted molar refractivity (Wildman–Crippen MR) is 134 cm³/mol. The molecule has 1 saturated carbocycles. The van der Waals surface area contributed by atoms with Crippen LogP contribution in [0.2, 0.25) is 0 Å². The van der Waals surface area contributed by atoms with Gasteiger partial charge in [0.05, 0.1) is 17.8 Å². The smallest absolute Gasteiger partial charge is 0.213 e. The summed E-state index contributed by atoms with van der Waals surface area (Å²) >= 11 is 0. The second-order valence-electron chi connectivity index (χ2n) is 9.30. The minimum Gasteiger partial charge on any atom is -0.362 e. The number of pyridine rings is 3. The third-order valence-corrected chi connectivity index (χ3v) is 6.68. The van der Waals surface area contributed by atoms with E-state index in [1.54, 1.807) is 19.3 Å². The first-order chi connectivity index (χ1) is 17.6. The van der Waals surface area contributed by atoms with Crippen molar-refractivity contribution in [2.75, 3.05) is 36.4 Å². The highest BCUT2D eigenvalue weighted by molar-refractivity contribution is 5.94. The first kappa shape index (κ1) is 22.7. The molecule has 0 bridgehead atoms. The lowest BCUT2D eigenvalue weighted by molar-refractivity contribution is 0.533. The lowest BCUT2D eigenvalue weighted by Gasteiger charge is -2.30. The molecule has 8 nitrogen and oxygen atoms in total. The minimum atomic E-state index is -0.731. The topological polar surface area (TPSA) is 91.8 Å². The van der Waals surface area contributed by atoms with Gasteiger partial charge in [-0.3, -0.25) is 4.98 Å². The molecule has 0 radical (unpaired) electrons. The number of nitrogens with zero attached hydrogens (tertiary/aromatic N) is 6. The van der Waals surface area contributed by atoms with Crippen LogP contribution in [0.3, 0.4) is 0 Å². The molecule has 2 N–H and O–H groups in total. The molecular weight excluding hydrogens is 462 g/mol. The molecule has 1 saturated heterocycles. The van der Waals surface area contributed by atoms with Crippen LogP contribution < -0.4 is 15.5 Å². The lowest BCUT2D eigenvalue weighted by Crippen LogP contribution is -2.44. The van der Waals surface area contributed by atoms with E-state index in [4.69, 9.17) is 9.97 Å². The van der Waals surface area contributed by atoms with E-state index in [2.05, 4.69) is 30.5 Å². The van der Waals surface area contributed by atoms with Gasteiger partial charge in [-0.1, -0.05) is 0 Å². The van der Waals surface area contributed by atoms with E-state index in [0.717, 1.165) is 60.6 Å². The van der Waals surface area contributed by atoms with Crippen LogP contribution in [0.5, 0.6) is 0 Å². The fraction of sp³-hybridized carbons (Fsp3) is 0.346. The number of hydrogen-bond donors (Lipinski definition) is 2. The van der Waals surface area contributed by atoms with Gasteiger partial charge in [-0.2, -0.15) is 4.39 Å². The summed E-state index contributed by atoms with van der Waals surface area (Å²) < 4.78 is 27.8. The van der Waals surface area contributed by atoms with Crippen LogP contribution in [-0.4, -0.2) is 51.1 Å². The highest BCUT2D eigenvalue weighted by Crippen LogP contribution is 2.44. The zero-order valence-electron chi connectivity index (χ0n) is 19.9. The Morgan fingerprint density at radius 2 is 1.89 bits per heavy atom. The summed E-state index contributed by atoms with van der Waals surface area (Å²) in [5.41, 5.74) is 2.80. The Balaban J connectivity index is 1.38. The molecule has 184 valence electrons. The molecule has 0 aromatic carbocycles. The van der Waals surface area contributed by atoms with E-state index in [-0.39, 0.29) is 5.69 Å². The van der Waals surface area contributed by atoms with Gasteiger partial charge in [-0.25, -0.2) is 24.3 Å². The lowest BCUT2D eigenvalue weighted by atomic mass is 10.1. The standard InChI is InChI=1S/C26H26F2N8/c1-15(24-19(27)4-5-21(28)34-24)32-22-12-17(6-7-31-22)25-33-20-14-30-13-18(16-2-3-16)23(20)26(35-25)36-10-8-29-9-11-36/h4-7,12-16,29H,2-3,8-11H2,1H3,(H,31,32)/t15-/m1/s1. The maximum Gasteiger partial charge on any atom is 0.213 e. The molecular formula is C26H26F2N8. The van der Waals surface area contributed by atoms with Crippen molar-refractivity contribution in [1.82, 2.24) is 30.2 Å². The Labute approximate surface area is 207 Å². The summed E-state index contributed by atoms with van der Waals surface area (Å²) in [6.45, 7) is 5.24. The summed E-state index contributed by atoms with van der Waals surface area (Å²) in [5.74, 6) is 1.21. The Kier molecular flexibility index (Phi) is 5.88. The number of halogens is 2. The largest absolute Gasteiger partial charge is 0.362 e. The first-order valence-electron chi connectivity index (χ1n) is 12.2. The normalized spacial score (nSPS) is 16.8. The van der Waals surface area contributed by atoms with E-state index in [1.165, 1.54) is 18.4 Å². The Hall–Kier alpha value is -3.79. The van der Waals surface area contributed by atoms with Crippen LogP contribution >= 0.6 is 0 Å². The van der Waals surface area contributed by atoms with Crippen molar-refractivity contribution in [2.24, 2.45) is 0 Å². The van der Waals surface area contributed by atoms with Gasteiger partial charge in [0.2, 0.25) is 5.95 Å². The molecule has 10 heteroatoms. The average molecular weight is 489 g/mol. The van der Waals surface area contributed by atoms with Gasteiger partial charge in [-0.05, 0) is 55.5 Å². The Bertz CT molecular complexity index is 1420. The number of piperazine rings is 1. The van der Waals surface area contributed by atoms with Gasteiger partial charge < -0.3 is 15.5 Å². The third kappa shape index (κ3) is 4.44. The number of aromatic nitrogens is 5. The van der Waals surface area contributed by atoms with E-state index < -0.39 is 17.8 Å². The number of hydrogen-bond acceptors (Lipinski definition) is 8. The molecule has 4 aromatic rings. The Morgan fingerprint density at radius 3 is 2.69 bits per heavy atom. The van der Waals surface area contributed by atoms with Crippen LogP contribution in [0, 0.1) is 11.8 Å². The van der Waals surface area contributed by atoms with Crippen molar-refractivity contribution in [2.45, 2.75) is 31.7 Å². The van der Waals surface area contributed by atoms with Crippen molar-refractivity contribution < 1.29 is 8.78 Å². The van der Waals surface area contributed by atoms with Crippen molar-refractivity contribution in [3.05, 3.63) is 65.9 Å². The van der Waals surface area contributed by atoms with E-state index in [0.29, 0.717) is 17.6 Å². The van der Waals surface area contributed by atoms with Crippen molar-refractivity contribution in [1.29, 1.82) is 0 Å². The van der Waals surface area contributed by atoms with Gasteiger partial charge in [-0.15, -0.1) is 0 Å². The number of rotatable bonds is 6. The summed E-state index contributed by atoms with van der Waals surface area (Å²) in [6.07, 6.45) is 7.75. The van der Waals surface area contributed by atoms with E-state index in [9.17, 15) is 8.78 Å². The zero-order chi connectivity index (χ0) is 24.6. The summed E-state index contributed by atoms with van der Waals surface area (Å²) in [5, 5.41) is 7.61. The van der Waals surface area contributed by atoms with Crippen LogP contribution in [0.1, 0.15) is 43.0 Å². The number of fused-ring (bicyclic) bond motifs is 1. The van der Waals surface area contributed by atoms with Gasteiger partial charge in [0.1, 0.15) is 23.1 Å². The monoisotopic (exact) mass is 488 g/mol. The third-order valence-electron chi connectivity index (χ3n) is 6.68. The first-order valence-corrected chi connectivity index (χ1v) is 12.2. The van der Waals surface area contributed by atoms with Crippen molar-refractivity contribution in [3.63, 3.8) is 0 Å². The average Bonchev–Trinajstić information content (AvgIpc) is 3.75. The van der Waals surface area contributed by atoms with E-state index in [1.807, 2.05) is 18.3 Å². The Morgan fingerprint density at radius 1 is 1.06 bits per heavy atom. The van der Waals surface area contributed by atoms with Gasteiger partial charge >= 0.3 is 0 Å². The SMILES string of the molecule is C[C@@H](Nc1cc(-c2nc(N3CCNCC3)c3c(C4CC4)cncc3n2)ccn1)c1nc(F)ccc1F. The van der Waals surface area contributed by atoms with E-state index >= 15 is 0 Å². The molecule has 5 heterocycles. The molecule has 2 aliphatic rings. The fourth-order valence-electron chi connectivity index (χ4n) is 4.70. The molecule has 0 unspecified atom stereocenters. The molecule has 1 atom stereocenters. The summed E-state index contributed by atoms with van der Waals surface area (Å²) in [7, 11) is 0. The molecule has 1 aliphatic carbocycles. The quantitative estimate of drug-likeness (QED) is 0.390.